The summed E-state index contributed by atoms with van der Waals surface area (Å²) in [5.41, 5.74) is 3.97. The summed E-state index contributed by atoms with van der Waals surface area (Å²) >= 11 is 0. The predicted octanol–water partition coefficient (Wildman–Crippen LogP) is 4.19. The molecule has 0 unspecified atom stereocenters. The van der Waals surface area contributed by atoms with E-state index >= 15 is 0 Å². The average molecular weight is 630 g/mol. The fraction of sp³-hybridized carbons (Fsp3) is 0.432. The Morgan fingerprint density at radius 1 is 0.891 bits per heavy atom. The first kappa shape index (κ1) is 34.5. The Balaban J connectivity index is 1.52. The lowest BCUT2D eigenvalue weighted by Crippen LogP contribution is -2.59. The molecule has 5 N–H and O–H groups in total. The number of aromatic hydroxyl groups is 1. The summed E-state index contributed by atoms with van der Waals surface area (Å²) < 4.78 is 4.58. The molecule has 3 aromatic carbocycles. The van der Waals surface area contributed by atoms with Gasteiger partial charge in [0.1, 0.15) is 6.04 Å². The second kappa shape index (κ2) is 16.8. The molecular weight excluding hydrogens is 580 g/mol. The van der Waals surface area contributed by atoms with Crippen molar-refractivity contribution in [3.05, 3.63) is 101 Å². The van der Waals surface area contributed by atoms with Crippen LogP contribution >= 0.6 is 0 Å². The van der Waals surface area contributed by atoms with Crippen LogP contribution in [0.1, 0.15) is 48.9 Å². The molecule has 4 atom stereocenters. The van der Waals surface area contributed by atoms with E-state index in [9.17, 15) is 19.5 Å². The zero-order valence-electron chi connectivity index (χ0n) is 27.4. The van der Waals surface area contributed by atoms with E-state index in [4.69, 9.17) is 0 Å². The second-order valence-electron chi connectivity index (χ2n) is 12.6. The molecule has 1 saturated heterocycles. The number of para-hydroxylation sites is 1. The highest BCUT2D eigenvalue weighted by Crippen LogP contribution is 2.23. The maximum absolute atomic E-state index is 13.8. The van der Waals surface area contributed by atoms with E-state index in [1.165, 1.54) is 0 Å². The maximum atomic E-state index is 13.8. The largest absolute Gasteiger partial charge is 0.576 e. The van der Waals surface area contributed by atoms with E-state index in [1.54, 1.807) is 4.90 Å². The molecule has 1 aliphatic rings. The van der Waals surface area contributed by atoms with Crippen molar-refractivity contribution in [2.75, 3.05) is 19.7 Å². The topological polar surface area (TPSA) is 124 Å². The van der Waals surface area contributed by atoms with Crippen LogP contribution < -0.4 is 16.0 Å². The lowest BCUT2D eigenvalue weighted by Gasteiger charge is -2.37. The third-order valence-electron chi connectivity index (χ3n) is 8.48. The minimum atomic E-state index is -0.978. The Morgan fingerprint density at radius 3 is 2.09 bits per heavy atom. The molecule has 9 nitrogen and oxygen atoms in total. The molecular formula is C37H49N4O5+. The van der Waals surface area contributed by atoms with Gasteiger partial charge in [0.2, 0.25) is 5.91 Å². The number of aliphatic hydroxyl groups excluding tert-OH is 1. The summed E-state index contributed by atoms with van der Waals surface area (Å²) in [5, 5.41) is 20.8. The van der Waals surface area contributed by atoms with Crippen molar-refractivity contribution in [2.24, 2.45) is 5.92 Å². The number of ether oxygens (including phenoxy) is 1. The summed E-state index contributed by atoms with van der Waals surface area (Å²) in [7, 11) is 0. The molecule has 3 aromatic rings. The molecule has 46 heavy (non-hydrogen) atoms. The fourth-order valence-electron chi connectivity index (χ4n) is 6.16. The van der Waals surface area contributed by atoms with Crippen LogP contribution in [-0.2, 0) is 22.4 Å². The number of hydrogen-bond acceptors (Lipinski definition) is 4. The van der Waals surface area contributed by atoms with Gasteiger partial charge in [-0.05, 0) is 56.6 Å². The van der Waals surface area contributed by atoms with Crippen molar-refractivity contribution in [3.63, 3.8) is 0 Å². The third kappa shape index (κ3) is 9.81. The van der Waals surface area contributed by atoms with E-state index in [2.05, 4.69) is 20.7 Å². The maximum Gasteiger partial charge on any atom is 0.318 e. The van der Waals surface area contributed by atoms with Gasteiger partial charge in [0.05, 0.1) is 12.1 Å². The Morgan fingerprint density at radius 2 is 1.50 bits per heavy atom. The molecule has 0 aliphatic carbocycles. The van der Waals surface area contributed by atoms with Crippen molar-refractivity contribution in [1.82, 2.24) is 20.9 Å². The van der Waals surface area contributed by atoms with Crippen LogP contribution in [-0.4, -0.2) is 76.5 Å². The van der Waals surface area contributed by atoms with Crippen LogP contribution in [0.15, 0.2) is 78.9 Å². The lowest BCUT2D eigenvalue weighted by molar-refractivity contribution is -0.131. The molecule has 0 aromatic heterocycles. The van der Waals surface area contributed by atoms with Crippen LogP contribution in [0.2, 0.25) is 0 Å². The molecule has 246 valence electrons. The van der Waals surface area contributed by atoms with Crippen LogP contribution in [0.25, 0.3) is 0 Å². The number of aryl methyl sites for hydroxylation is 2. The van der Waals surface area contributed by atoms with Gasteiger partial charge < -0.3 is 30.7 Å². The van der Waals surface area contributed by atoms with Crippen molar-refractivity contribution >= 4 is 17.8 Å². The van der Waals surface area contributed by atoms with Crippen molar-refractivity contribution in [1.29, 1.82) is 0 Å². The average Bonchev–Trinajstić information content (AvgIpc) is 3.02. The summed E-state index contributed by atoms with van der Waals surface area (Å²) in [6.45, 7) is 8.83. The van der Waals surface area contributed by atoms with E-state index in [0.29, 0.717) is 25.9 Å². The van der Waals surface area contributed by atoms with Gasteiger partial charge in [-0.15, -0.1) is 0 Å². The van der Waals surface area contributed by atoms with Gasteiger partial charge in [-0.1, -0.05) is 92.7 Å². The highest BCUT2D eigenvalue weighted by molar-refractivity contribution is 5.87. The number of amides is 4. The Bertz CT molecular complexity index is 1410. The van der Waals surface area contributed by atoms with Crippen molar-refractivity contribution in [3.8, 4) is 5.75 Å². The van der Waals surface area contributed by atoms with Gasteiger partial charge in [0.15, 0.2) is 0 Å². The molecule has 4 amide bonds. The number of aliphatic hydroxyl groups is 2. The molecule has 4 rings (SSSR count). The molecule has 1 fully saturated rings. The van der Waals surface area contributed by atoms with Crippen LogP contribution in [0.5, 0.6) is 5.75 Å². The van der Waals surface area contributed by atoms with Gasteiger partial charge in [0, 0.05) is 30.3 Å². The Hall–Kier alpha value is -4.37. The normalized spacial score (nSPS) is 15.8. The first-order valence-corrected chi connectivity index (χ1v) is 16.3. The summed E-state index contributed by atoms with van der Waals surface area (Å²) in [4.78, 5) is 41.4. The third-order valence-corrected chi connectivity index (χ3v) is 8.48. The lowest BCUT2D eigenvalue weighted by atomic mass is 9.92. The first-order chi connectivity index (χ1) is 22.1. The van der Waals surface area contributed by atoms with E-state index in [-0.39, 0.29) is 36.8 Å². The zero-order chi connectivity index (χ0) is 33.1. The van der Waals surface area contributed by atoms with E-state index < -0.39 is 24.2 Å². The first-order valence-electron chi connectivity index (χ1n) is 16.3. The van der Waals surface area contributed by atoms with Gasteiger partial charge >= 0.3 is 11.9 Å². The molecule has 0 spiro atoms. The van der Waals surface area contributed by atoms with Crippen molar-refractivity contribution in [2.45, 2.75) is 77.6 Å². The smallest absolute Gasteiger partial charge is 0.318 e. The number of urea groups is 1. The standard InChI is InChI=1S/C37H48N4O5/c1-25(2)34(41-20-12-19-38-37(41)45)36(44)39-30(21-28-15-7-5-8-16-28)23-32(42)31(22-29-17-9-6-10-18-29)40-33(43)24-46-35-26(3)13-11-14-27(35)4/h5-11,13-18,25,30-32,34,42H,12,19-24H2,1-4H3,(H,38,45)(H,39,44)(H,40,43)/p+1/t30-,31-,32-,34-/m0/s1. The van der Waals surface area contributed by atoms with Gasteiger partial charge in [-0.3, -0.25) is 9.59 Å². The molecule has 1 heterocycles. The molecule has 0 saturated carbocycles. The number of hydrogen-bond donors (Lipinski definition) is 4. The number of carbonyl (C=O) groups excluding carboxylic acids is 3. The van der Waals surface area contributed by atoms with Crippen LogP contribution in [0.3, 0.4) is 0 Å². The SMILES string of the molecule is Cc1cccc(C)c1[OH+]CC(=O)N[C@@H](Cc1ccccc1)[C@@H](O)C[C@H](Cc1ccccc1)NC(=O)[C@H](C(C)C)N1CCCNC1=O. The highest BCUT2D eigenvalue weighted by atomic mass is 16.5. The molecule has 0 radical (unpaired) electrons. The monoisotopic (exact) mass is 629 g/mol. The molecule has 9 heteroatoms. The molecule has 0 bridgehead atoms. The van der Waals surface area contributed by atoms with E-state index in [1.807, 2.05) is 107 Å². The number of rotatable bonds is 15. The summed E-state index contributed by atoms with van der Waals surface area (Å²) in [5.74, 6) is 0.140. The predicted molar refractivity (Wildman–Crippen MR) is 181 cm³/mol. The zero-order valence-corrected chi connectivity index (χ0v) is 27.4. The number of nitrogens with zero attached hydrogens (tertiary/aromatic N) is 1. The number of carbonyl (C=O) groups is 3. The number of benzene rings is 3. The quantitative estimate of drug-likeness (QED) is 0.188. The number of nitrogens with one attached hydrogen (secondary N) is 3. The minimum absolute atomic E-state index is 0.0676. The van der Waals surface area contributed by atoms with E-state index in [0.717, 1.165) is 34.4 Å². The second-order valence-corrected chi connectivity index (χ2v) is 12.6. The highest BCUT2D eigenvalue weighted by Gasteiger charge is 2.35. The Kier molecular flexibility index (Phi) is 12.6. The summed E-state index contributed by atoms with van der Waals surface area (Å²) in [6.07, 6.45) is 0.878. The Labute approximate surface area is 272 Å². The fourth-order valence-corrected chi connectivity index (χ4v) is 6.16. The summed E-state index contributed by atoms with van der Waals surface area (Å²) in [6, 6.07) is 23.4. The van der Waals surface area contributed by atoms with Gasteiger partial charge in [-0.2, -0.15) is 0 Å². The van der Waals surface area contributed by atoms with Gasteiger partial charge in [0.25, 0.3) is 12.4 Å². The van der Waals surface area contributed by atoms with Crippen molar-refractivity contribution < 1.29 is 24.2 Å². The minimum Gasteiger partial charge on any atom is -0.576 e. The molecule has 1 aliphatic heterocycles. The van der Waals surface area contributed by atoms with Crippen LogP contribution in [0, 0.1) is 19.8 Å². The van der Waals surface area contributed by atoms with Gasteiger partial charge in [-0.25, -0.2) is 4.79 Å². The van der Waals surface area contributed by atoms with Crippen LogP contribution in [0.4, 0.5) is 4.79 Å².